The molecule has 2 aromatic carbocycles. The quantitative estimate of drug-likeness (QED) is 0.0773. The van der Waals surface area contributed by atoms with E-state index >= 15 is 0 Å². The van der Waals surface area contributed by atoms with Crippen molar-refractivity contribution < 1.29 is 0 Å². The van der Waals surface area contributed by atoms with Gasteiger partial charge in [-0.05, 0) is 0 Å². The fourth-order valence-corrected chi connectivity index (χ4v) is 12.2. The summed E-state index contributed by atoms with van der Waals surface area (Å²) in [6.07, 6.45) is 25.1. The van der Waals surface area contributed by atoms with Crippen molar-refractivity contribution in [2.45, 2.75) is 129 Å². The molecule has 0 saturated heterocycles. The van der Waals surface area contributed by atoms with E-state index in [9.17, 15) is 0 Å². The average molecular weight is 615 g/mol. The number of benzene rings is 2. The van der Waals surface area contributed by atoms with Gasteiger partial charge in [0.1, 0.15) is 0 Å². The molecule has 0 spiro atoms. The van der Waals surface area contributed by atoms with Crippen LogP contribution >= 0.6 is 0 Å². The molecule has 0 aliphatic rings. The molecule has 2 heteroatoms. The van der Waals surface area contributed by atoms with Crippen LogP contribution in [0.15, 0.2) is 36.4 Å². The molecular weight excluding hydrogens is 566 g/mol. The van der Waals surface area contributed by atoms with E-state index in [0.29, 0.717) is 29.0 Å². The van der Waals surface area contributed by atoms with Gasteiger partial charge in [0.15, 0.2) is 0 Å². The summed E-state index contributed by atoms with van der Waals surface area (Å²) in [6.45, 7) is 4.61. The van der Waals surface area contributed by atoms with Gasteiger partial charge in [-0.2, -0.15) is 0 Å². The number of aryl methyl sites for hydroxylation is 2. The summed E-state index contributed by atoms with van der Waals surface area (Å²) in [4.78, 5) is 0. The number of hydrogen-bond acceptors (Lipinski definition) is 0. The Morgan fingerprint density at radius 3 is 1.19 bits per heavy atom. The minimum atomic E-state index is 0.506. The molecule has 2 aromatic heterocycles. The second kappa shape index (κ2) is 15.6. The Labute approximate surface area is 232 Å². The fraction of sp³-hybridized carbons (Fsp3) is 0.588. The van der Waals surface area contributed by atoms with Crippen LogP contribution in [-0.2, 0) is 12.8 Å². The van der Waals surface area contributed by atoms with Gasteiger partial charge in [0.05, 0.1) is 0 Å². The van der Waals surface area contributed by atoms with Crippen LogP contribution in [0.4, 0.5) is 0 Å². The second-order valence-electron chi connectivity index (χ2n) is 11.0. The molecule has 0 bridgehead atoms. The second-order valence-corrected chi connectivity index (χ2v) is 15.4. The summed E-state index contributed by atoms with van der Waals surface area (Å²) in [5.74, 6) is 0. The minimum absolute atomic E-state index is 0.506. The van der Waals surface area contributed by atoms with Crippen molar-refractivity contribution in [2.75, 3.05) is 0 Å². The van der Waals surface area contributed by atoms with Crippen LogP contribution < -0.4 is 0 Å². The van der Waals surface area contributed by atoms with Crippen LogP contribution in [0.2, 0.25) is 0 Å². The zero-order valence-corrected chi connectivity index (χ0v) is 26.4. The Bertz CT molecular complexity index is 1080. The van der Waals surface area contributed by atoms with E-state index in [2.05, 4.69) is 50.2 Å². The first-order valence-corrected chi connectivity index (χ1v) is 18.6. The molecule has 0 aliphatic carbocycles. The van der Waals surface area contributed by atoms with E-state index < -0.39 is 0 Å². The van der Waals surface area contributed by atoms with Crippen molar-refractivity contribution in [1.29, 1.82) is 0 Å². The summed E-state index contributed by atoms with van der Waals surface area (Å²) in [5, 5.41) is 3.20. The van der Waals surface area contributed by atoms with Crippen LogP contribution in [0.25, 0.3) is 27.8 Å². The van der Waals surface area contributed by atoms with E-state index in [0.717, 1.165) is 0 Å². The van der Waals surface area contributed by atoms with Crippen molar-refractivity contribution in [3.8, 4) is 0 Å². The standard InChI is InChI=1S/C34H48Se2/c1-3-5-7-9-11-13-15-17-19-27-21-23-29-31(25-27)35-34-30-24-22-28(26-32(30)36-33(29)34)20-18-16-14-12-10-8-6-4-2/h21-26H,3-20H2,1-2H3. The topological polar surface area (TPSA) is 0 Å². The van der Waals surface area contributed by atoms with E-state index in [1.165, 1.54) is 116 Å². The Morgan fingerprint density at radius 1 is 0.444 bits per heavy atom. The molecule has 0 fully saturated rings. The van der Waals surface area contributed by atoms with E-state index in [-0.39, 0.29) is 0 Å². The Hall–Kier alpha value is -0.781. The first-order chi connectivity index (χ1) is 17.8. The van der Waals surface area contributed by atoms with Gasteiger partial charge in [-0.3, -0.25) is 0 Å². The molecule has 4 rings (SSSR count). The van der Waals surface area contributed by atoms with Gasteiger partial charge in [-0.25, -0.2) is 0 Å². The van der Waals surface area contributed by atoms with Crippen LogP contribution in [0.1, 0.15) is 128 Å². The number of rotatable bonds is 18. The molecule has 0 aliphatic heterocycles. The third kappa shape index (κ3) is 8.11. The fourth-order valence-electron chi connectivity index (χ4n) is 5.58. The predicted octanol–water partition coefficient (Wildman–Crippen LogP) is 10.6. The maximum absolute atomic E-state index is 2.57. The van der Waals surface area contributed by atoms with Crippen molar-refractivity contribution in [3.63, 3.8) is 0 Å². The SMILES string of the molecule is CCCCCCCCCCc1ccc2c(c1)[se]c1c3ccc(CCCCCCCCCC)cc3[se]c21. The average Bonchev–Trinajstić information content (AvgIpc) is 3.42. The molecule has 36 heavy (non-hydrogen) atoms. The predicted molar refractivity (Wildman–Crippen MR) is 165 cm³/mol. The zero-order chi connectivity index (χ0) is 25.0. The van der Waals surface area contributed by atoms with Crippen LogP contribution in [-0.4, -0.2) is 29.0 Å². The number of hydrogen-bond donors (Lipinski definition) is 0. The molecular formula is C34H48Se2. The molecule has 0 saturated carbocycles. The summed E-state index contributed by atoms with van der Waals surface area (Å²) in [5.41, 5.74) is 3.16. The number of unbranched alkanes of at least 4 members (excludes halogenated alkanes) is 14. The van der Waals surface area contributed by atoms with Crippen LogP contribution in [0.3, 0.4) is 0 Å². The number of fused-ring (bicyclic) bond motifs is 5. The van der Waals surface area contributed by atoms with E-state index in [1.54, 1.807) is 38.9 Å². The summed E-state index contributed by atoms with van der Waals surface area (Å²) >= 11 is 1.01. The third-order valence-corrected chi connectivity index (χ3v) is 13.5. The third-order valence-electron chi connectivity index (χ3n) is 7.85. The molecule has 2 heterocycles. The van der Waals surface area contributed by atoms with E-state index in [4.69, 9.17) is 0 Å². The first-order valence-electron chi connectivity index (χ1n) is 15.2. The van der Waals surface area contributed by atoms with Gasteiger partial charge in [0.25, 0.3) is 0 Å². The van der Waals surface area contributed by atoms with Crippen molar-refractivity contribution in [1.82, 2.24) is 0 Å². The summed E-state index contributed by atoms with van der Waals surface area (Å²) in [7, 11) is 0. The van der Waals surface area contributed by atoms with Crippen molar-refractivity contribution in [2.24, 2.45) is 0 Å². The molecule has 0 amide bonds. The molecule has 196 valence electrons. The van der Waals surface area contributed by atoms with Crippen LogP contribution in [0, 0.1) is 0 Å². The molecule has 0 atom stereocenters. The van der Waals surface area contributed by atoms with Crippen LogP contribution in [0.5, 0.6) is 0 Å². The molecule has 0 N–H and O–H groups in total. The summed E-state index contributed by atoms with van der Waals surface area (Å²) in [6, 6.07) is 15.0. The van der Waals surface area contributed by atoms with Crippen molar-refractivity contribution >= 4 is 56.8 Å². The van der Waals surface area contributed by atoms with Gasteiger partial charge in [0.2, 0.25) is 0 Å². The van der Waals surface area contributed by atoms with Crippen molar-refractivity contribution in [3.05, 3.63) is 47.5 Å². The van der Waals surface area contributed by atoms with E-state index in [1.807, 2.05) is 0 Å². The Kier molecular flexibility index (Phi) is 12.2. The monoisotopic (exact) mass is 616 g/mol. The molecule has 0 nitrogen and oxygen atoms in total. The Morgan fingerprint density at radius 2 is 0.806 bits per heavy atom. The normalized spacial score (nSPS) is 11.9. The zero-order valence-electron chi connectivity index (χ0n) is 23.0. The van der Waals surface area contributed by atoms with Gasteiger partial charge in [-0.15, -0.1) is 0 Å². The first kappa shape index (κ1) is 28.2. The Balaban J connectivity index is 1.28. The van der Waals surface area contributed by atoms with Gasteiger partial charge in [0, 0.05) is 0 Å². The summed E-state index contributed by atoms with van der Waals surface area (Å²) < 4.78 is 6.77. The van der Waals surface area contributed by atoms with Gasteiger partial charge >= 0.3 is 220 Å². The van der Waals surface area contributed by atoms with Gasteiger partial charge in [-0.1, -0.05) is 13.8 Å². The maximum atomic E-state index is 2.57. The molecule has 0 unspecified atom stereocenters. The van der Waals surface area contributed by atoms with Gasteiger partial charge < -0.3 is 0 Å². The molecule has 0 radical (unpaired) electrons. The molecule has 4 aromatic rings.